The van der Waals surface area contributed by atoms with Crippen molar-refractivity contribution in [2.75, 3.05) is 19.7 Å². The highest BCUT2D eigenvalue weighted by Gasteiger charge is 2.31. The Kier molecular flexibility index (Phi) is 5.27. The quantitative estimate of drug-likeness (QED) is 0.752. The zero-order valence-electron chi connectivity index (χ0n) is 16.1. The Morgan fingerprint density at radius 3 is 2.53 bits per heavy atom. The van der Waals surface area contributed by atoms with Gasteiger partial charge in [0.05, 0.1) is 6.61 Å². The second-order valence-corrected chi connectivity index (χ2v) is 7.22. The molecule has 0 atom stereocenters. The maximum absolute atomic E-state index is 12.3. The molecule has 30 heavy (non-hydrogen) atoms. The van der Waals surface area contributed by atoms with Crippen LogP contribution >= 0.6 is 0 Å². The van der Waals surface area contributed by atoms with Crippen LogP contribution in [0, 0.1) is 5.92 Å². The second kappa shape index (κ2) is 7.89. The van der Waals surface area contributed by atoms with Crippen molar-refractivity contribution < 1.29 is 32.3 Å². The van der Waals surface area contributed by atoms with E-state index in [9.17, 15) is 18.0 Å². The molecule has 1 fully saturated rings. The van der Waals surface area contributed by atoms with Crippen LogP contribution in [0.25, 0.3) is 11.1 Å². The smallest absolute Gasteiger partial charge is 0.475 e. The third-order valence-corrected chi connectivity index (χ3v) is 4.99. The van der Waals surface area contributed by atoms with Gasteiger partial charge < -0.3 is 19.2 Å². The third kappa shape index (κ3) is 4.50. The van der Waals surface area contributed by atoms with Crippen molar-refractivity contribution in [2.45, 2.75) is 19.9 Å². The van der Waals surface area contributed by atoms with Crippen molar-refractivity contribution in [2.24, 2.45) is 11.1 Å². The Hall–Kier alpha value is -3.23. The fourth-order valence-electron chi connectivity index (χ4n) is 3.37. The lowest BCUT2D eigenvalue weighted by atomic mass is 9.98. The summed E-state index contributed by atoms with van der Waals surface area (Å²) < 4.78 is 46.8. The molecule has 2 aromatic carbocycles. The molecule has 0 radical (unpaired) electrons. The molecule has 6 nitrogen and oxygen atoms in total. The number of hydrogen-bond donors (Lipinski definition) is 0. The minimum Gasteiger partial charge on any atom is -0.475 e. The number of halogens is 3. The van der Waals surface area contributed by atoms with E-state index < -0.39 is 6.36 Å². The zero-order valence-corrected chi connectivity index (χ0v) is 16.1. The summed E-state index contributed by atoms with van der Waals surface area (Å²) in [5.74, 6) is 0.372. The average Bonchev–Trinajstić information content (AvgIpc) is 2.65. The van der Waals surface area contributed by atoms with Gasteiger partial charge in [0, 0.05) is 37.1 Å². The number of nitrogens with zero attached hydrogens (tertiary/aromatic N) is 2. The number of benzene rings is 2. The fraction of sp³-hybridized carbons (Fsp3) is 0.333. The molecule has 2 aliphatic heterocycles. The van der Waals surface area contributed by atoms with Crippen LogP contribution in [0.1, 0.15) is 18.1 Å². The van der Waals surface area contributed by atoms with E-state index in [2.05, 4.69) is 9.89 Å². The zero-order chi connectivity index (χ0) is 21.3. The predicted octanol–water partition coefficient (Wildman–Crippen LogP) is 3.94. The topological polar surface area (TPSA) is 60.4 Å². The molecule has 1 amide bonds. The standard InChI is InChI=1S/C21H19F3N2O4/c1-13(27)26-9-14(10-26)11-28-20-19-8-16(2-3-17(19)12-29-25-20)15-4-6-18(7-5-15)30-21(22,23)24/h2-8,14H,9-12H2,1H3. The van der Waals surface area contributed by atoms with Gasteiger partial charge in [-0.25, -0.2) is 0 Å². The normalized spacial score (nSPS) is 16.1. The molecule has 0 bridgehead atoms. The summed E-state index contributed by atoms with van der Waals surface area (Å²) in [6, 6.07) is 11.3. The van der Waals surface area contributed by atoms with Crippen LogP contribution in [-0.4, -0.2) is 42.8 Å². The first-order valence-electron chi connectivity index (χ1n) is 9.36. The molecule has 2 heterocycles. The van der Waals surface area contributed by atoms with Crippen LogP contribution in [-0.2, 0) is 21.0 Å². The van der Waals surface area contributed by atoms with Crippen molar-refractivity contribution in [1.82, 2.24) is 4.90 Å². The molecule has 0 aromatic heterocycles. The summed E-state index contributed by atoms with van der Waals surface area (Å²) in [7, 11) is 0. The summed E-state index contributed by atoms with van der Waals surface area (Å²) in [4.78, 5) is 18.3. The van der Waals surface area contributed by atoms with Crippen LogP contribution in [0.2, 0.25) is 0 Å². The Morgan fingerprint density at radius 1 is 1.17 bits per heavy atom. The van der Waals surface area contributed by atoms with Crippen molar-refractivity contribution in [3.05, 3.63) is 53.6 Å². The maximum Gasteiger partial charge on any atom is 0.573 e. The maximum atomic E-state index is 12.3. The van der Waals surface area contributed by atoms with Gasteiger partial charge in [-0.05, 0) is 34.5 Å². The number of oxime groups is 1. The Balaban J connectivity index is 1.46. The van der Waals surface area contributed by atoms with Gasteiger partial charge in [-0.1, -0.05) is 24.3 Å². The molecule has 2 aromatic rings. The largest absolute Gasteiger partial charge is 0.573 e. The van der Waals surface area contributed by atoms with Crippen molar-refractivity contribution >= 4 is 11.8 Å². The Bertz CT molecular complexity index is 967. The van der Waals surface area contributed by atoms with E-state index in [1.807, 2.05) is 18.2 Å². The average molecular weight is 420 g/mol. The van der Waals surface area contributed by atoms with Gasteiger partial charge in [0.2, 0.25) is 5.91 Å². The van der Waals surface area contributed by atoms with E-state index in [0.29, 0.717) is 32.2 Å². The predicted molar refractivity (Wildman–Crippen MR) is 102 cm³/mol. The van der Waals surface area contributed by atoms with Crippen LogP contribution in [0.4, 0.5) is 13.2 Å². The van der Waals surface area contributed by atoms with E-state index >= 15 is 0 Å². The number of fused-ring (bicyclic) bond motifs is 1. The summed E-state index contributed by atoms with van der Waals surface area (Å²) in [6.45, 7) is 3.57. The molecular weight excluding hydrogens is 401 g/mol. The SMILES string of the molecule is CC(=O)N1CC(COC2=NOCc3ccc(-c4ccc(OC(F)(F)F)cc4)cc32)C1. The molecule has 2 aliphatic rings. The first kappa shape index (κ1) is 20.1. The number of rotatable bonds is 4. The number of carbonyl (C=O) groups excluding carboxylic acids is 1. The number of amides is 1. The molecule has 0 aliphatic carbocycles. The first-order valence-corrected chi connectivity index (χ1v) is 9.36. The lowest BCUT2D eigenvalue weighted by Gasteiger charge is -2.38. The molecule has 0 saturated carbocycles. The van der Waals surface area contributed by atoms with Gasteiger partial charge in [-0.3, -0.25) is 4.79 Å². The van der Waals surface area contributed by atoms with Gasteiger partial charge in [0.15, 0.2) is 0 Å². The van der Waals surface area contributed by atoms with Crippen molar-refractivity contribution in [3.63, 3.8) is 0 Å². The number of ether oxygens (including phenoxy) is 2. The first-order chi connectivity index (χ1) is 14.3. The Labute approximate surface area is 170 Å². The molecule has 0 spiro atoms. The van der Waals surface area contributed by atoms with Crippen LogP contribution < -0.4 is 4.74 Å². The van der Waals surface area contributed by atoms with E-state index in [4.69, 9.17) is 9.57 Å². The lowest BCUT2D eigenvalue weighted by Crippen LogP contribution is -2.51. The number of carbonyl (C=O) groups is 1. The van der Waals surface area contributed by atoms with E-state index in [1.165, 1.54) is 19.1 Å². The number of likely N-dealkylation sites (tertiary alicyclic amines) is 1. The monoisotopic (exact) mass is 420 g/mol. The highest BCUT2D eigenvalue weighted by molar-refractivity contribution is 5.97. The lowest BCUT2D eigenvalue weighted by molar-refractivity contribution is -0.274. The van der Waals surface area contributed by atoms with E-state index in [1.54, 1.807) is 17.0 Å². The minimum absolute atomic E-state index is 0.0474. The molecule has 4 rings (SSSR count). The molecule has 0 N–H and O–H groups in total. The van der Waals surface area contributed by atoms with E-state index in [-0.39, 0.29) is 17.6 Å². The summed E-state index contributed by atoms with van der Waals surface area (Å²) in [6.07, 6.45) is -4.72. The highest BCUT2D eigenvalue weighted by atomic mass is 19.4. The van der Waals surface area contributed by atoms with Crippen LogP contribution in [0.3, 0.4) is 0 Å². The third-order valence-electron chi connectivity index (χ3n) is 4.99. The number of alkyl halides is 3. The van der Waals surface area contributed by atoms with Gasteiger partial charge in [0.1, 0.15) is 12.4 Å². The minimum atomic E-state index is -4.72. The van der Waals surface area contributed by atoms with Gasteiger partial charge >= 0.3 is 6.36 Å². The Morgan fingerprint density at radius 2 is 1.87 bits per heavy atom. The summed E-state index contributed by atoms with van der Waals surface area (Å²) in [5, 5.41) is 4.01. The van der Waals surface area contributed by atoms with Crippen LogP contribution in [0.15, 0.2) is 47.6 Å². The molecular formula is C21H19F3N2O4. The molecule has 0 unspecified atom stereocenters. The number of hydrogen-bond acceptors (Lipinski definition) is 5. The molecule has 158 valence electrons. The molecule has 1 saturated heterocycles. The highest BCUT2D eigenvalue weighted by Crippen LogP contribution is 2.29. The van der Waals surface area contributed by atoms with Crippen LogP contribution in [0.5, 0.6) is 5.75 Å². The summed E-state index contributed by atoms with van der Waals surface area (Å²) >= 11 is 0. The van der Waals surface area contributed by atoms with Crippen molar-refractivity contribution in [1.29, 1.82) is 0 Å². The van der Waals surface area contributed by atoms with Gasteiger partial charge in [0.25, 0.3) is 5.90 Å². The molecule has 9 heteroatoms. The van der Waals surface area contributed by atoms with Crippen molar-refractivity contribution in [3.8, 4) is 16.9 Å². The van der Waals surface area contributed by atoms with Gasteiger partial charge in [-0.2, -0.15) is 0 Å². The fourth-order valence-corrected chi connectivity index (χ4v) is 3.37. The second-order valence-electron chi connectivity index (χ2n) is 7.22. The summed E-state index contributed by atoms with van der Waals surface area (Å²) in [5.41, 5.74) is 3.21. The van der Waals surface area contributed by atoms with Gasteiger partial charge in [-0.15, -0.1) is 13.2 Å². The van der Waals surface area contributed by atoms with E-state index in [0.717, 1.165) is 22.3 Å².